The lowest BCUT2D eigenvalue weighted by molar-refractivity contribution is -0.147. The fourth-order valence-electron chi connectivity index (χ4n) is 3.72. The van der Waals surface area contributed by atoms with Crippen molar-refractivity contribution in [3.05, 3.63) is 42.0 Å². The van der Waals surface area contributed by atoms with E-state index in [-0.39, 0.29) is 23.7 Å². The summed E-state index contributed by atoms with van der Waals surface area (Å²) in [7, 11) is 1.45. The van der Waals surface area contributed by atoms with Gasteiger partial charge in [-0.05, 0) is 61.3 Å². The van der Waals surface area contributed by atoms with Gasteiger partial charge in [0, 0.05) is 12.1 Å². The van der Waals surface area contributed by atoms with Crippen molar-refractivity contribution < 1.29 is 14.6 Å². The van der Waals surface area contributed by atoms with Crippen LogP contribution >= 0.6 is 0 Å². The minimum absolute atomic E-state index is 0.0580. The monoisotopic (exact) mass is 315 g/mol. The molecule has 124 valence electrons. The summed E-state index contributed by atoms with van der Waals surface area (Å²) in [5.74, 6) is 0.620. The topological polar surface area (TPSA) is 58.6 Å². The minimum Gasteiger partial charge on any atom is -0.508 e. The third-order valence-electron chi connectivity index (χ3n) is 5.10. The van der Waals surface area contributed by atoms with Gasteiger partial charge in [-0.1, -0.05) is 12.1 Å². The van der Waals surface area contributed by atoms with Gasteiger partial charge in [-0.25, -0.2) is 0 Å². The fourth-order valence-corrected chi connectivity index (χ4v) is 3.72. The van der Waals surface area contributed by atoms with Crippen LogP contribution in [0.3, 0.4) is 0 Å². The highest BCUT2D eigenvalue weighted by molar-refractivity contribution is 5.74. The Morgan fingerprint density at radius 1 is 1.48 bits per heavy atom. The zero-order valence-electron chi connectivity index (χ0n) is 13.6. The van der Waals surface area contributed by atoms with Crippen molar-refractivity contribution in [2.75, 3.05) is 7.11 Å². The number of nitrogens with one attached hydrogen (secondary N) is 1. The fraction of sp³-hybridized carbons (Fsp3) is 0.526. The Morgan fingerprint density at radius 2 is 2.26 bits per heavy atom. The molecule has 4 heteroatoms. The molecule has 1 aromatic carbocycles. The van der Waals surface area contributed by atoms with Crippen molar-refractivity contribution in [2.24, 2.45) is 11.8 Å². The number of carbonyl (C=O) groups excluding carboxylic acids is 1. The third kappa shape index (κ3) is 3.42. The summed E-state index contributed by atoms with van der Waals surface area (Å²) in [5, 5.41) is 13.4. The van der Waals surface area contributed by atoms with Gasteiger partial charge in [-0.2, -0.15) is 0 Å². The van der Waals surface area contributed by atoms with Crippen molar-refractivity contribution in [2.45, 2.75) is 44.2 Å². The number of phenolic OH excluding ortho intramolecular Hbond substituents is 1. The molecule has 3 unspecified atom stereocenters. The number of hydrogen-bond donors (Lipinski definition) is 2. The first-order chi connectivity index (χ1) is 11.1. The van der Waals surface area contributed by atoms with Gasteiger partial charge >= 0.3 is 5.97 Å². The molecular formula is C19H25NO3. The molecule has 0 spiro atoms. The number of aromatic hydroxyl groups is 1. The molecule has 2 aliphatic rings. The molecule has 3 atom stereocenters. The van der Waals surface area contributed by atoms with Crippen LogP contribution in [0, 0.1) is 11.8 Å². The van der Waals surface area contributed by atoms with Crippen LogP contribution in [-0.2, 0) is 16.0 Å². The van der Waals surface area contributed by atoms with Gasteiger partial charge in [0.1, 0.15) is 5.75 Å². The highest BCUT2D eigenvalue weighted by Crippen LogP contribution is 2.40. The van der Waals surface area contributed by atoms with Crippen molar-refractivity contribution in [3.63, 3.8) is 0 Å². The molecule has 0 saturated heterocycles. The molecule has 0 amide bonds. The number of benzene rings is 1. The van der Waals surface area contributed by atoms with Crippen LogP contribution in [0.25, 0.3) is 0 Å². The van der Waals surface area contributed by atoms with E-state index in [4.69, 9.17) is 4.74 Å². The third-order valence-corrected chi connectivity index (χ3v) is 5.10. The number of fused-ring (bicyclic) bond motifs is 1. The van der Waals surface area contributed by atoms with Crippen molar-refractivity contribution in [1.29, 1.82) is 0 Å². The second-order valence-electron chi connectivity index (χ2n) is 6.66. The molecule has 0 aromatic heterocycles. The van der Waals surface area contributed by atoms with Crippen LogP contribution < -0.4 is 5.32 Å². The maximum Gasteiger partial charge on any atom is 0.310 e. The van der Waals surface area contributed by atoms with Crippen LogP contribution in [0.5, 0.6) is 5.75 Å². The molecule has 0 bridgehead atoms. The molecular weight excluding hydrogens is 290 g/mol. The molecule has 3 rings (SSSR count). The first-order valence-electron chi connectivity index (χ1n) is 8.40. The van der Waals surface area contributed by atoms with Gasteiger partial charge in [0.05, 0.1) is 13.0 Å². The van der Waals surface area contributed by atoms with E-state index >= 15 is 0 Å². The van der Waals surface area contributed by atoms with Crippen molar-refractivity contribution in [3.8, 4) is 5.75 Å². The second kappa shape index (κ2) is 6.75. The molecule has 0 aliphatic heterocycles. The molecule has 0 radical (unpaired) electrons. The first kappa shape index (κ1) is 16.1. The average molecular weight is 315 g/mol. The summed E-state index contributed by atoms with van der Waals surface area (Å²) in [6.07, 6.45) is 6.86. The summed E-state index contributed by atoms with van der Waals surface area (Å²) in [6, 6.07) is 5.75. The van der Waals surface area contributed by atoms with E-state index in [9.17, 15) is 9.90 Å². The Balaban J connectivity index is 1.90. The smallest absolute Gasteiger partial charge is 0.310 e. The number of esters is 1. The van der Waals surface area contributed by atoms with Crippen molar-refractivity contribution >= 4 is 5.97 Å². The van der Waals surface area contributed by atoms with Gasteiger partial charge in [0.25, 0.3) is 0 Å². The standard InChI is InChI=1S/C19H25NO3/c1-3-4-17(12-5-6-12)20-18-15-10-8-14(21)11-13(15)7-9-16(18)19(22)23-2/h3,8,10-12,16-18,20-21H,1,4-7,9H2,2H3. The van der Waals surface area contributed by atoms with E-state index in [1.165, 1.54) is 20.0 Å². The van der Waals surface area contributed by atoms with E-state index in [2.05, 4.69) is 11.9 Å². The molecule has 23 heavy (non-hydrogen) atoms. The largest absolute Gasteiger partial charge is 0.508 e. The molecule has 0 heterocycles. The van der Waals surface area contributed by atoms with Gasteiger partial charge in [-0.3, -0.25) is 4.79 Å². The van der Waals surface area contributed by atoms with E-state index in [0.717, 1.165) is 30.4 Å². The van der Waals surface area contributed by atoms with E-state index in [1.807, 2.05) is 18.2 Å². The summed E-state index contributed by atoms with van der Waals surface area (Å²) < 4.78 is 5.03. The lowest BCUT2D eigenvalue weighted by atomic mass is 9.79. The number of ether oxygens (including phenoxy) is 1. The molecule has 1 saturated carbocycles. The molecule has 2 aliphatic carbocycles. The highest BCUT2D eigenvalue weighted by atomic mass is 16.5. The number of phenols is 1. The van der Waals surface area contributed by atoms with Crippen LogP contribution in [0.15, 0.2) is 30.9 Å². The summed E-state index contributed by atoms with van der Waals surface area (Å²) >= 11 is 0. The first-order valence-corrected chi connectivity index (χ1v) is 8.40. The van der Waals surface area contributed by atoms with Gasteiger partial charge in [-0.15, -0.1) is 6.58 Å². The molecule has 2 N–H and O–H groups in total. The lowest BCUT2D eigenvalue weighted by Crippen LogP contribution is -2.42. The Labute approximate surface area is 137 Å². The maximum atomic E-state index is 12.2. The Morgan fingerprint density at radius 3 is 2.91 bits per heavy atom. The second-order valence-corrected chi connectivity index (χ2v) is 6.66. The quantitative estimate of drug-likeness (QED) is 0.625. The molecule has 1 aromatic rings. The average Bonchev–Trinajstić information content (AvgIpc) is 3.38. The number of hydrogen-bond acceptors (Lipinski definition) is 4. The number of aryl methyl sites for hydroxylation is 1. The van der Waals surface area contributed by atoms with Crippen molar-refractivity contribution in [1.82, 2.24) is 5.32 Å². The van der Waals surface area contributed by atoms with Gasteiger partial charge < -0.3 is 15.2 Å². The van der Waals surface area contributed by atoms with Gasteiger partial charge in [0.2, 0.25) is 0 Å². The Kier molecular flexibility index (Phi) is 4.71. The zero-order chi connectivity index (χ0) is 16.4. The summed E-state index contributed by atoms with van der Waals surface area (Å²) in [4.78, 5) is 12.2. The van der Waals surface area contributed by atoms with E-state index in [0.29, 0.717) is 12.0 Å². The Hall–Kier alpha value is -1.81. The maximum absolute atomic E-state index is 12.2. The summed E-state index contributed by atoms with van der Waals surface area (Å²) in [6.45, 7) is 3.87. The molecule has 4 nitrogen and oxygen atoms in total. The summed E-state index contributed by atoms with van der Waals surface area (Å²) in [5.41, 5.74) is 2.23. The van der Waals surface area contributed by atoms with Gasteiger partial charge in [0.15, 0.2) is 0 Å². The van der Waals surface area contributed by atoms with Crippen LogP contribution in [0.1, 0.15) is 42.9 Å². The van der Waals surface area contributed by atoms with Crippen LogP contribution in [0.2, 0.25) is 0 Å². The number of methoxy groups -OCH3 is 1. The number of carbonyl (C=O) groups is 1. The van der Waals surface area contributed by atoms with E-state index in [1.54, 1.807) is 6.07 Å². The lowest BCUT2D eigenvalue weighted by Gasteiger charge is -2.35. The minimum atomic E-state index is -0.178. The predicted molar refractivity (Wildman–Crippen MR) is 89.1 cm³/mol. The highest BCUT2D eigenvalue weighted by Gasteiger charge is 2.39. The Bertz CT molecular complexity index is 594. The van der Waals surface area contributed by atoms with Crippen LogP contribution in [-0.4, -0.2) is 24.2 Å². The molecule has 1 fully saturated rings. The zero-order valence-corrected chi connectivity index (χ0v) is 13.6. The number of rotatable bonds is 6. The SMILES string of the molecule is C=CCC(NC1c2ccc(O)cc2CCC1C(=O)OC)C1CC1. The normalized spacial score (nSPS) is 24.6. The van der Waals surface area contributed by atoms with Crippen LogP contribution in [0.4, 0.5) is 0 Å². The predicted octanol–water partition coefficient (Wildman–Crippen LogP) is 3.11. The van der Waals surface area contributed by atoms with E-state index < -0.39 is 0 Å².